The van der Waals surface area contributed by atoms with E-state index in [4.69, 9.17) is 14.2 Å². The number of rotatable bonds is 15. The number of carbonyl (C=O) groups is 3. The summed E-state index contributed by atoms with van der Waals surface area (Å²) >= 11 is 1.33. The van der Waals surface area contributed by atoms with Crippen LogP contribution in [0.25, 0.3) is 6.08 Å². The maximum absolute atomic E-state index is 13.5. The van der Waals surface area contributed by atoms with Crippen molar-refractivity contribution >= 4 is 46.9 Å². The Morgan fingerprint density at radius 1 is 0.783 bits per heavy atom. The number of amides is 3. The van der Waals surface area contributed by atoms with Crippen LogP contribution in [0.5, 0.6) is 17.2 Å². The number of thioether (sulfide) groups is 1. The van der Waals surface area contributed by atoms with Gasteiger partial charge in [0.2, 0.25) is 5.91 Å². The van der Waals surface area contributed by atoms with Gasteiger partial charge in [-0.1, -0.05) is 37.6 Å². The number of methoxy groups -OCH3 is 2. The molecule has 0 heterocycles. The molecule has 9 nitrogen and oxygen atoms in total. The minimum atomic E-state index is -0.538. The maximum atomic E-state index is 13.5. The molecule has 0 bridgehead atoms. The van der Waals surface area contributed by atoms with Crippen LogP contribution in [-0.4, -0.2) is 44.3 Å². The molecule has 0 radical (unpaired) electrons. The summed E-state index contributed by atoms with van der Waals surface area (Å²) in [5.74, 6) is 0.837. The molecule has 0 aliphatic rings. The molecule has 238 valence electrons. The van der Waals surface area contributed by atoms with Gasteiger partial charge in [-0.3, -0.25) is 14.4 Å². The molecule has 0 spiro atoms. The van der Waals surface area contributed by atoms with Crippen molar-refractivity contribution in [2.75, 3.05) is 37.2 Å². The van der Waals surface area contributed by atoms with Crippen molar-refractivity contribution in [3.63, 3.8) is 0 Å². The molecule has 0 saturated carbocycles. The minimum Gasteiger partial charge on any atom is -0.497 e. The van der Waals surface area contributed by atoms with Gasteiger partial charge in [0.25, 0.3) is 11.8 Å². The van der Waals surface area contributed by atoms with Crippen molar-refractivity contribution in [2.24, 2.45) is 0 Å². The SMILES string of the molecule is CCCCOc1ccc(NC(=O)CSc2cccc(NC(=O)/C(=C\c3ccc(OC)cc3OC)NC(=O)c3ccccc3)c2)cc1. The first-order chi connectivity index (χ1) is 22.4. The Morgan fingerprint density at radius 2 is 1.54 bits per heavy atom. The second-order valence-corrected chi connectivity index (χ2v) is 11.1. The van der Waals surface area contributed by atoms with Crippen LogP contribution in [0.3, 0.4) is 0 Å². The fraction of sp³-hybridized carbons (Fsp3) is 0.194. The molecule has 0 aliphatic carbocycles. The van der Waals surface area contributed by atoms with Gasteiger partial charge in [-0.25, -0.2) is 0 Å². The molecule has 0 fully saturated rings. The molecule has 0 saturated heterocycles. The van der Waals surface area contributed by atoms with Crippen molar-refractivity contribution in [3.05, 3.63) is 114 Å². The van der Waals surface area contributed by atoms with Crippen LogP contribution in [0.4, 0.5) is 11.4 Å². The Bertz CT molecular complexity index is 1660. The largest absolute Gasteiger partial charge is 0.497 e. The fourth-order valence-electron chi connectivity index (χ4n) is 4.21. The molecular weight excluding hydrogens is 602 g/mol. The van der Waals surface area contributed by atoms with Crippen molar-refractivity contribution in [1.29, 1.82) is 0 Å². The lowest BCUT2D eigenvalue weighted by molar-refractivity contribution is -0.114. The monoisotopic (exact) mass is 639 g/mol. The average molecular weight is 640 g/mol. The van der Waals surface area contributed by atoms with Crippen LogP contribution in [0.1, 0.15) is 35.7 Å². The van der Waals surface area contributed by atoms with Crippen LogP contribution >= 0.6 is 11.8 Å². The third-order valence-corrected chi connectivity index (χ3v) is 7.63. The number of anilines is 2. The lowest BCUT2D eigenvalue weighted by Crippen LogP contribution is -2.30. The Hall–Kier alpha value is -5.22. The molecule has 4 aromatic carbocycles. The summed E-state index contributed by atoms with van der Waals surface area (Å²) < 4.78 is 16.4. The summed E-state index contributed by atoms with van der Waals surface area (Å²) in [7, 11) is 3.06. The molecule has 46 heavy (non-hydrogen) atoms. The third-order valence-electron chi connectivity index (χ3n) is 6.64. The highest BCUT2D eigenvalue weighted by Gasteiger charge is 2.17. The zero-order chi connectivity index (χ0) is 32.7. The maximum Gasteiger partial charge on any atom is 0.272 e. The van der Waals surface area contributed by atoms with E-state index in [0.29, 0.717) is 40.6 Å². The predicted molar refractivity (Wildman–Crippen MR) is 183 cm³/mol. The Balaban J connectivity index is 1.43. The molecule has 0 aromatic heterocycles. The van der Waals surface area contributed by atoms with Gasteiger partial charge in [-0.2, -0.15) is 0 Å². The average Bonchev–Trinajstić information content (AvgIpc) is 3.08. The van der Waals surface area contributed by atoms with Crippen LogP contribution in [0.15, 0.2) is 108 Å². The van der Waals surface area contributed by atoms with E-state index in [-0.39, 0.29) is 17.4 Å². The van der Waals surface area contributed by atoms with Crippen molar-refractivity contribution in [1.82, 2.24) is 5.32 Å². The summed E-state index contributed by atoms with van der Waals surface area (Å²) in [6.07, 6.45) is 3.59. The van der Waals surface area contributed by atoms with Gasteiger partial charge in [0.1, 0.15) is 22.9 Å². The van der Waals surface area contributed by atoms with E-state index in [1.54, 1.807) is 79.9 Å². The molecule has 3 amide bonds. The zero-order valence-corrected chi connectivity index (χ0v) is 26.8. The first-order valence-corrected chi connectivity index (χ1v) is 15.7. The first-order valence-electron chi connectivity index (χ1n) is 14.8. The van der Waals surface area contributed by atoms with Crippen LogP contribution in [0.2, 0.25) is 0 Å². The fourth-order valence-corrected chi connectivity index (χ4v) is 4.97. The van der Waals surface area contributed by atoms with Gasteiger partial charge in [0, 0.05) is 33.5 Å². The number of hydrogen-bond donors (Lipinski definition) is 3. The molecule has 3 N–H and O–H groups in total. The summed E-state index contributed by atoms with van der Waals surface area (Å²) in [4.78, 5) is 40.0. The van der Waals surface area contributed by atoms with Crippen molar-refractivity contribution < 1.29 is 28.6 Å². The smallest absolute Gasteiger partial charge is 0.272 e. The lowest BCUT2D eigenvalue weighted by atomic mass is 10.1. The van der Waals surface area contributed by atoms with Crippen LogP contribution in [0, 0.1) is 0 Å². The van der Waals surface area contributed by atoms with Crippen molar-refractivity contribution in [3.8, 4) is 17.2 Å². The van der Waals surface area contributed by atoms with Crippen molar-refractivity contribution in [2.45, 2.75) is 24.7 Å². The molecule has 0 unspecified atom stereocenters. The second-order valence-electron chi connectivity index (χ2n) is 10.0. The van der Waals surface area contributed by atoms with E-state index in [0.717, 1.165) is 23.5 Å². The normalized spacial score (nSPS) is 10.9. The van der Waals surface area contributed by atoms with Gasteiger partial charge in [0.15, 0.2) is 0 Å². The Morgan fingerprint density at radius 3 is 2.26 bits per heavy atom. The number of ether oxygens (including phenoxy) is 3. The highest BCUT2D eigenvalue weighted by Crippen LogP contribution is 2.27. The molecule has 0 atom stereocenters. The first kappa shape index (κ1) is 33.7. The molecule has 10 heteroatoms. The standard InChI is InChI=1S/C36H37N3O6S/c1-4-5-20-45-29-18-15-27(16-19-29)37-34(40)24-46-31-13-9-12-28(22-31)38-36(42)32(39-35(41)25-10-7-6-8-11-25)21-26-14-17-30(43-2)23-33(26)44-3/h6-19,21-23H,4-5,20,24H2,1-3H3,(H,37,40)(H,38,42)(H,39,41)/b32-21+. The van der Waals surface area contributed by atoms with E-state index in [2.05, 4.69) is 22.9 Å². The van der Waals surface area contributed by atoms with E-state index in [9.17, 15) is 14.4 Å². The Kier molecular flexibility index (Phi) is 12.7. The number of nitrogens with one attached hydrogen (secondary N) is 3. The topological polar surface area (TPSA) is 115 Å². The van der Waals surface area contributed by atoms with Gasteiger partial charge in [-0.15, -0.1) is 11.8 Å². The highest BCUT2D eigenvalue weighted by molar-refractivity contribution is 8.00. The van der Waals surface area contributed by atoms with Gasteiger partial charge in [-0.05, 0) is 79.2 Å². The predicted octanol–water partition coefficient (Wildman–Crippen LogP) is 7.02. The van der Waals surface area contributed by atoms with Gasteiger partial charge < -0.3 is 30.2 Å². The number of hydrogen-bond acceptors (Lipinski definition) is 7. The molecule has 4 rings (SSSR count). The number of benzene rings is 4. The van der Waals surface area contributed by atoms with E-state index in [1.165, 1.54) is 18.9 Å². The quantitative estimate of drug-likeness (QED) is 0.0727. The molecular formula is C36H37N3O6S. The van der Waals surface area contributed by atoms with Gasteiger partial charge in [0.05, 0.1) is 26.6 Å². The summed E-state index contributed by atoms with van der Waals surface area (Å²) in [6, 6.07) is 28.2. The Labute approximate surface area is 273 Å². The summed E-state index contributed by atoms with van der Waals surface area (Å²) in [5, 5.41) is 8.48. The summed E-state index contributed by atoms with van der Waals surface area (Å²) in [5.41, 5.74) is 2.15. The van der Waals surface area contributed by atoms with Gasteiger partial charge >= 0.3 is 0 Å². The van der Waals surface area contributed by atoms with Crippen LogP contribution < -0.4 is 30.2 Å². The molecule has 4 aromatic rings. The van der Waals surface area contributed by atoms with E-state index < -0.39 is 11.8 Å². The minimum absolute atomic E-state index is 0.0107. The van der Waals surface area contributed by atoms with E-state index >= 15 is 0 Å². The number of carbonyl (C=O) groups excluding carboxylic acids is 3. The number of unbranched alkanes of at least 4 members (excludes halogenated alkanes) is 1. The lowest BCUT2D eigenvalue weighted by Gasteiger charge is -2.13. The van der Waals surface area contributed by atoms with E-state index in [1.807, 2.05) is 30.3 Å². The van der Waals surface area contributed by atoms with Crippen LogP contribution in [-0.2, 0) is 9.59 Å². The second kappa shape index (κ2) is 17.3. The zero-order valence-electron chi connectivity index (χ0n) is 26.0. The summed E-state index contributed by atoms with van der Waals surface area (Å²) in [6.45, 7) is 2.77. The molecule has 0 aliphatic heterocycles. The highest BCUT2D eigenvalue weighted by atomic mass is 32.2. The third kappa shape index (κ3) is 10.2.